The molecule has 2 atom stereocenters. The van der Waals surface area contributed by atoms with Crippen molar-refractivity contribution in [2.75, 3.05) is 0 Å². The average molecular weight is 212 g/mol. The lowest BCUT2D eigenvalue weighted by atomic mass is 9.99. The predicted octanol–water partition coefficient (Wildman–Crippen LogP) is 0.906. The second-order valence-corrected chi connectivity index (χ2v) is 3.43. The highest BCUT2D eigenvalue weighted by Crippen LogP contribution is 2.08. The number of carboxylic acids is 1. The van der Waals surface area contributed by atoms with Crippen LogP contribution in [0.2, 0.25) is 0 Å². The molecule has 0 bridgehead atoms. The zero-order valence-electron chi connectivity index (χ0n) is 8.99. The van der Waals surface area contributed by atoms with E-state index in [1.165, 1.54) is 0 Å². The normalized spacial score (nSPS) is 13.7. The summed E-state index contributed by atoms with van der Waals surface area (Å²) in [4.78, 5) is 22.0. The summed E-state index contributed by atoms with van der Waals surface area (Å²) in [5.74, 6) is -1.53. The summed E-state index contributed by atoms with van der Waals surface area (Å²) in [6.45, 7) is 3.63. The number of hydrogen-bond acceptors (Lipinski definition) is 3. The van der Waals surface area contributed by atoms with Gasteiger partial charge < -0.3 is 10.4 Å². The third-order valence-electron chi connectivity index (χ3n) is 2.26. The van der Waals surface area contributed by atoms with E-state index in [0.29, 0.717) is 6.42 Å². The molecule has 0 aromatic heterocycles. The average Bonchev–Trinajstić information content (AvgIpc) is 2.21. The number of amides is 1. The SMILES string of the molecule is CCC(C)C(NC(=O)CCC#N)C(=O)O. The van der Waals surface area contributed by atoms with E-state index < -0.39 is 12.0 Å². The summed E-state index contributed by atoms with van der Waals surface area (Å²) in [5, 5.41) is 19.5. The Morgan fingerprint density at radius 2 is 2.13 bits per heavy atom. The second kappa shape index (κ2) is 6.82. The largest absolute Gasteiger partial charge is 0.480 e. The van der Waals surface area contributed by atoms with E-state index in [0.717, 1.165) is 0 Å². The number of nitrogens with one attached hydrogen (secondary N) is 1. The van der Waals surface area contributed by atoms with Gasteiger partial charge in [-0.05, 0) is 5.92 Å². The van der Waals surface area contributed by atoms with Gasteiger partial charge >= 0.3 is 5.97 Å². The molecule has 84 valence electrons. The molecule has 0 heterocycles. The van der Waals surface area contributed by atoms with E-state index in [2.05, 4.69) is 5.32 Å². The third kappa shape index (κ3) is 5.01. The van der Waals surface area contributed by atoms with E-state index >= 15 is 0 Å². The maximum Gasteiger partial charge on any atom is 0.326 e. The Balaban J connectivity index is 4.24. The van der Waals surface area contributed by atoms with E-state index in [1.807, 2.05) is 13.0 Å². The minimum atomic E-state index is -1.03. The fourth-order valence-electron chi connectivity index (χ4n) is 1.10. The summed E-state index contributed by atoms with van der Waals surface area (Å²) in [5.41, 5.74) is 0. The van der Waals surface area contributed by atoms with Gasteiger partial charge in [0.1, 0.15) is 6.04 Å². The number of carbonyl (C=O) groups excluding carboxylic acids is 1. The van der Waals surface area contributed by atoms with Crippen LogP contribution in [0, 0.1) is 17.2 Å². The molecule has 15 heavy (non-hydrogen) atoms. The quantitative estimate of drug-likeness (QED) is 0.684. The first-order valence-corrected chi connectivity index (χ1v) is 4.92. The number of nitriles is 1. The zero-order chi connectivity index (χ0) is 11.8. The molecule has 0 saturated heterocycles. The number of aliphatic carboxylic acids is 1. The van der Waals surface area contributed by atoms with Gasteiger partial charge in [0, 0.05) is 12.8 Å². The highest BCUT2D eigenvalue weighted by molar-refractivity contribution is 5.83. The van der Waals surface area contributed by atoms with Gasteiger partial charge in [0.05, 0.1) is 6.07 Å². The summed E-state index contributed by atoms with van der Waals surface area (Å²) in [6.07, 6.45) is 0.838. The van der Waals surface area contributed by atoms with Crippen LogP contribution in [0.15, 0.2) is 0 Å². The molecule has 5 nitrogen and oxygen atoms in total. The van der Waals surface area contributed by atoms with E-state index in [-0.39, 0.29) is 24.7 Å². The van der Waals surface area contributed by atoms with Crippen LogP contribution in [0.1, 0.15) is 33.1 Å². The van der Waals surface area contributed by atoms with Crippen molar-refractivity contribution < 1.29 is 14.7 Å². The van der Waals surface area contributed by atoms with Gasteiger partial charge in [-0.1, -0.05) is 20.3 Å². The van der Waals surface area contributed by atoms with Crippen LogP contribution in [0.4, 0.5) is 0 Å². The lowest BCUT2D eigenvalue weighted by molar-refractivity contribution is -0.143. The van der Waals surface area contributed by atoms with Crippen molar-refractivity contribution >= 4 is 11.9 Å². The molecule has 0 aromatic carbocycles. The fourth-order valence-corrected chi connectivity index (χ4v) is 1.10. The second-order valence-electron chi connectivity index (χ2n) is 3.43. The number of nitrogens with zero attached hydrogens (tertiary/aromatic N) is 1. The first-order chi connectivity index (χ1) is 7.02. The first-order valence-electron chi connectivity index (χ1n) is 4.92. The van der Waals surface area contributed by atoms with Crippen molar-refractivity contribution in [3.8, 4) is 6.07 Å². The molecule has 2 unspecified atom stereocenters. The van der Waals surface area contributed by atoms with Gasteiger partial charge in [0.25, 0.3) is 0 Å². The third-order valence-corrected chi connectivity index (χ3v) is 2.26. The van der Waals surface area contributed by atoms with Crippen molar-refractivity contribution in [1.29, 1.82) is 5.26 Å². The Morgan fingerprint density at radius 3 is 2.53 bits per heavy atom. The van der Waals surface area contributed by atoms with Gasteiger partial charge in [-0.25, -0.2) is 4.79 Å². The van der Waals surface area contributed by atoms with E-state index in [4.69, 9.17) is 10.4 Å². The van der Waals surface area contributed by atoms with Crippen LogP contribution in [-0.2, 0) is 9.59 Å². The van der Waals surface area contributed by atoms with Crippen LogP contribution in [0.5, 0.6) is 0 Å². The Kier molecular flexibility index (Phi) is 6.11. The standard InChI is InChI=1S/C10H16N2O3/c1-3-7(2)9(10(14)15)12-8(13)5-4-6-11/h7,9H,3-5H2,1-2H3,(H,12,13)(H,14,15). The lowest BCUT2D eigenvalue weighted by Gasteiger charge is -2.19. The van der Waals surface area contributed by atoms with Gasteiger partial charge in [0.15, 0.2) is 0 Å². The Morgan fingerprint density at radius 1 is 1.53 bits per heavy atom. The maximum absolute atomic E-state index is 11.2. The maximum atomic E-state index is 11.2. The predicted molar refractivity (Wildman–Crippen MR) is 53.9 cm³/mol. The van der Waals surface area contributed by atoms with Crippen LogP contribution in [-0.4, -0.2) is 23.0 Å². The first kappa shape index (κ1) is 13.4. The molecule has 0 fully saturated rings. The minimum absolute atomic E-state index is 0.0523. The van der Waals surface area contributed by atoms with Gasteiger partial charge in [0.2, 0.25) is 5.91 Å². The van der Waals surface area contributed by atoms with Crippen molar-refractivity contribution in [2.24, 2.45) is 5.92 Å². The Hall–Kier alpha value is -1.57. The molecule has 0 aliphatic rings. The van der Waals surface area contributed by atoms with E-state index in [9.17, 15) is 9.59 Å². The van der Waals surface area contributed by atoms with Crippen molar-refractivity contribution in [1.82, 2.24) is 5.32 Å². The molecule has 0 aliphatic carbocycles. The van der Waals surface area contributed by atoms with Crippen molar-refractivity contribution in [2.45, 2.75) is 39.2 Å². The molecule has 1 amide bonds. The van der Waals surface area contributed by atoms with Crippen LogP contribution < -0.4 is 5.32 Å². The molecule has 0 aliphatic heterocycles. The number of carbonyl (C=O) groups is 2. The monoisotopic (exact) mass is 212 g/mol. The van der Waals surface area contributed by atoms with Gasteiger partial charge in [-0.2, -0.15) is 5.26 Å². The number of rotatable bonds is 6. The molecular formula is C10H16N2O3. The highest BCUT2D eigenvalue weighted by Gasteiger charge is 2.24. The molecule has 5 heteroatoms. The lowest BCUT2D eigenvalue weighted by Crippen LogP contribution is -2.44. The van der Waals surface area contributed by atoms with Crippen molar-refractivity contribution in [3.63, 3.8) is 0 Å². The van der Waals surface area contributed by atoms with E-state index in [1.54, 1.807) is 6.92 Å². The number of carboxylic acid groups (broad SMARTS) is 1. The Bertz CT molecular complexity index is 270. The molecular weight excluding hydrogens is 196 g/mol. The summed E-state index contributed by atoms with van der Waals surface area (Å²) in [7, 11) is 0. The molecule has 2 N–H and O–H groups in total. The molecule has 0 rings (SSSR count). The van der Waals surface area contributed by atoms with Crippen molar-refractivity contribution in [3.05, 3.63) is 0 Å². The molecule has 0 saturated carbocycles. The molecule has 0 spiro atoms. The highest BCUT2D eigenvalue weighted by atomic mass is 16.4. The van der Waals surface area contributed by atoms with Gasteiger partial charge in [-0.15, -0.1) is 0 Å². The molecule has 0 aromatic rings. The Labute approximate surface area is 89.1 Å². The summed E-state index contributed by atoms with van der Waals surface area (Å²) >= 11 is 0. The zero-order valence-corrected chi connectivity index (χ0v) is 8.99. The minimum Gasteiger partial charge on any atom is -0.480 e. The van der Waals surface area contributed by atoms with Gasteiger partial charge in [-0.3, -0.25) is 4.79 Å². The number of hydrogen-bond donors (Lipinski definition) is 2. The topological polar surface area (TPSA) is 90.2 Å². The fraction of sp³-hybridized carbons (Fsp3) is 0.700. The molecule has 0 radical (unpaired) electrons. The van der Waals surface area contributed by atoms with Crippen LogP contribution in [0.3, 0.4) is 0 Å². The summed E-state index contributed by atoms with van der Waals surface area (Å²) < 4.78 is 0. The van der Waals surface area contributed by atoms with Crippen LogP contribution >= 0.6 is 0 Å². The smallest absolute Gasteiger partial charge is 0.326 e. The summed E-state index contributed by atoms with van der Waals surface area (Å²) in [6, 6.07) is 0.976. The van der Waals surface area contributed by atoms with Crippen LogP contribution in [0.25, 0.3) is 0 Å².